The molecule has 1 aliphatic heterocycles. The van der Waals surface area contributed by atoms with Gasteiger partial charge in [-0.2, -0.15) is 8.78 Å². The monoisotopic (exact) mass is 459 g/mol. The van der Waals surface area contributed by atoms with Crippen molar-refractivity contribution in [1.82, 2.24) is 24.6 Å². The summed E-state index contributed by atoms with van der Waals surface area (Å²) in [6, 6.07) is 6.13. The summed E-state index contributed by atoms with van der Waals surface area (Å²) >= 11 is 0. The number of benzene rings is 1. The highest BCUT2D eigenvalue weighted by Crippen LogP contribution is 2.32. The van der Waals surface area contributed by atoms with E-state index in [1.165, 1.54) is 16.8 Å². The smallest absolute Gasteiger partial charge is 0.415 e. The van der Waals surface area contributed by atoms with Gasteiger partial charge < -0.3 is 13.7 Å². The standard InChI is InChI=1S/C22H20F3N5O3/c1-29-6-4-12(5-7-29)15-8-18-17(9-16(15)23)30(22(31)32-18)11-14-3-2-13(10-26-14)20-27-28-21(33-20)19(24)25/h2-3,8-10,12,19H,4-7,11H2,1H3. The van der Waals surface area contributed by atoms with E-state index < -0.39 is 18.1 Å². The Hall–Kier alpha value is -3.47. The zero-order valence-corrected chi connectivity index (χ0v) is 17.7. The lowest BCUT2D eigenvalue weighted by Crippen LogP contribution is -2.29. The van der Waals surface area contributed by atoms with Crippen molar-refractivity contribution in [3.05, 3.63) is 64.0 Å². The van der Waals surface area contributed by atoms with Crippen LogP contribution in [0.2, 0.25) is 0 Å². The fraction of sp³-hybridized carbons (Fsp3) is 0.364. The Morgan fingerprint density at radius 1 is 1.15 bits per heavy atom. The molecule has 0 bridgehead atoms. The lowest BCUT2D eigenvalue weighted by Gasteiger charge is -2.29. The van der Waals surface area contributed by atoms with Gasteiger partial charge in [-0.25, -0.2) is 9.18 Å². The number of oxazole rings is 1. The van der Waals surface area contributed by atoms with Crippen LogP contribution in [0.1, 0.15) is 42.3 Å². The number of rotatable bonds is 5. The SMILES string of the molecule is CN1CCC(c2cc3oc(=O)n(Cc4ccc(-c5nnc(C(F)F)o5)cn4)c3cc2F)CC1. The molecule has 0 atom stereocenters. The molecular weight excluding hydrogens is 439 g/mol. The summed E-state index contributed by atoms with van der Waals surface area (Å²) in [6.07, 6.45) is 0.211. The Bertz CT molecular complexity index is 1340. The number of hydrogen-bond donors (Lipinski definition) is 0. The number of hydrogen-bond acceptors (Lipinski definition) is 7. The van der Waals surface area contributed by atoms with Crippen molar-refractivity contribution >= 4 is 11.1 Å². The van der Waals surface area contributed by atoms with Crippen molar-refractivity contribution in [2.75, 3.05) is 20.1 Å². The Balaban J connectivity index is 1.40. The van der Waals surface area contributed by atoms with Crippen molar-refractivity contribution < 1.29 is 22.0 Å². The molecule has 4 aromatic rings. The molecule has 172 valence electrons. The molecule has 0 radical (unpaired) electrons. The van der Waals surface area contributed by atoms with E-state index in [2.05, 4.69) is 20.1 Å². The molecule has 0 unspecified atom stereocenters. The highest BCUT2D eigenvalue weighted by Gasteiger charge is 2.24. The summed E-state index contributed by atoms with van der Waals surface area (Å²) in [6.45, 7) is 1.83. The van der Waals surface area contributed by atoms with Crippen LogP contribution in [0.3, 0.4) is 0 Å². The quantitative estimate of drug-likeness (QED) is 0.446. The number of nitrogens with zero attached hydrogens (tertiary/aromatic N) is 5. The van der Waals surface area contributed by atoms with Crippen molar-refractivity contribution in [1.29, 1.82) is 0 Å². The normalized spacial score (nSPS) is 15.7. The molecule has 1 aromatic carbocycles. The Labute approximate surface area is 185 Å². The van der Waals surface area contributed by atoms with Crippen molar-refractivity contribution in [2.24, 2.45) is 0 Å². The molecular formula is C22H20F3N5O3. The fourth-order valence-electron chi connectivity index (χ4n) is 4.13. The average molecular weight is 459 g/mol. The first kappa shape index (κ1) is 21.4. The van der Waals surface area contributed by atoms with Crippen LogP contribution in [0.5, 0.6) is 0 Å². The van der Waals surface area contributed by atoms with Crippen molar-refractivity contribution in [3.63, 3.8) is 0 Å². The van der Waals surface area contributed by atoms with Gasteiger partial charge in [-0.15, -0.1) is 10.2 Å². The van der Waals surface area contributed by atoms with Gasteiger partial charge in [0.25, 0.3) is 5.89 Å². The van der Waals surface area contributed by atoms with Crippen molar-refractivity contribution in [2.45, 2.75) is 31.7 Å². The van der Waals surface area contributed by atoms with Gasteiger partial charge >= 0.3 is 12.2 Å². The molecule has 1 aliphatic rings. The lowest BCUT2D eigenvalue weighted by atomic mass is 9.89. The van der Waals surface area contributed by atoms with Crippen LogP contribution in [0.15, 0.2) is 44.1 Å². The summed E-state index contributed by atoms with van der Waals surface area (Å²) < 4.78 is 51.8. The van der Waals surface area contributed by atoms with Crippen LogP contribution in [0, 0.1) is 5.82 Å². The zero-order valence-electron chi connectivity index (χ0n) is 17.7. The van der Waals surface area contributed by atoms with Gasteiger partial charge in [0.05, 0.1) is 23.3 Å². The predicted molar refractivity (Wildman–Crippen MR) is 111 cm³/mol. The van der Waals surface area contributed by atoms with Crippen LogP contribution >= 0.6 is 0 Å². The first-order valence-electron chi connectivity index (χ1n) is 10.5. The second-order valence-corrected chi connectivity index (χ2v) is 8.16. The molecule has 0 amide bonds. The van der Waals surface area contributed by atoms with E-state index in [4.69, 9.17) is 8.83 Å². The third-order valence-corrected chi connectivity index (χ3v) is 5.96. The Morgan fingerprint density at radius 2 is 1.94 bits per heavy atom. The topological polar surface area (TPSA) is 90.2 Å². The molecule has 5 rings (SSSR count). The van der Waals surface area contributed by atoms with E-state index in [0.29, 0.717) is 27.9 Å². The molecule has 4 heterocycles. The fourth-order valence-corrected chi connectivity index (χ4v) is 4.13. The number of pyridine rings is 1. The average Bonchev–Trinajstić information content (AvgIpc) is 3.40. The molecule has 3 aromatic heterocycles. The van der Waals surface area contributed by atoms with Gasteiger partial charge in [0.1, 0.15) is 5.82 Å². The van der Waals surface area contributed by atoms with Gasteiger partial charge in [0, 0.05) is 12.3 Å². The molecule has 33 heavy (non-hydrogen) atoms. The first-order valence-corrected chi connectivity index (χ1v) is 10.5. The summed E-state index contributed by atoms with van der Waals surface area (Å²) in [7, 11) is 2.04. The summed E-state index contributed by atoms with van der Waals surface area (Å²) in [5.74, 6) is -1.75. The molecule has 0 aliphatic carbocycles. The second-order valence-electron chi connectivity index (χ2n) is 8.16. The number of aromatic nitrogens is 4. The summed E-state index contributed by atoms with van der Waals surface area (Å²) in [5.41, 5.74) is 2.09. The highest BCUT2D eigenvalue weighted by atomic mass is 19.3. The van der Waals surface area contributed by atoms with Crippen molar-refractivity contribution in [3.8, 4) is 11.5 Å². The molecule has 1 fully saturated rings. The van der Waals surface area contributed by atoms with Crippen LogP contribution in [-0.2, 0) is 6.54 Å². The van der Waals surface area contributed by atoms with Crippen LogP contribution < -0.4 is 5.76 Å². The molecule has 1 saturated heterocycles. The molecule has 8 nitrogen and oxygen atoms in total. The summed E-state index contributed by atoms with van der Waals surface area (Å²) in [4.78, 5) is 18.9. The van der Waals surface area contributed by atoms with Gasteiger partial charge in [-0.3, -0.25) is 9.55 Å². The number of halogens is 3. The van der Waals surface area contributed by atoms with Gasteiger partial charge in [-0.1, -0.05) is 0 Å². The number of alkyl halides is 2. The maximum Gasteiger partial charge on any atom is 0.420 e. The molecule has 11 heteroatoms. The predicted octanol–water partition coefficient (Wildman–Crippen LogP) is 3.97. The third-order valence-electron chi connectivity index (χ3n) is 5.96. The minimum Gasteiger partial charge on any atom is -0.415 e. The van der Waals surface area contributed by atoms with Crippen LogP contribution in [-0.4, -0.2) is 44.8 Å². The maximum absolute atomic E-state index is 15.0. The molecule has 0 N–H and O–H groups in total. The number of likely N-dealkylation sites (tertiary alicyclic amines) is 1. The van der Waals surface area contributed by atoms with Gasteiger partial charge in [0.2, 0.25) is 5.89 Å². The number of piperidine rings is 1. The Kier molecular flexibility index (Phi) is 5.49. The highest BCUT2D eigenvalue weighted by molar-refractivity contribution is 5.74. The first-order chi connectivity index (χ1) is 15.9. The van der Waals surface area contributed by atoms with E-state index >= 15 is 0 Å². The number of fused-ring (bicyclic) bond motifs is 1. The Morgan fingerprint density at radius 3 is 2.61 bits per heavy atom. The van der Waals surface area contributed by atoms with Crippen LogP contribution in [0.4, 0.5) is 13.2 Å². The zero-order chi connectivity index (χ0) is 23.1. The van der Waals surface area contributed by atoms with E-state index in [1.54, 1.807) is 18.2 Å². The van der Waals surface area contributed by atoms with Crippen LogP contribution in [0.25, 0.3) is 22.6 Å². The summed E-state index contributed by atoms with van der Waals surface area (Å²) in [5, 5.41) is 6.86. The lowest BCUT2D eigenvalue weighted by molar-refractivity contribution is 0.116. The van der Waals surface area contributed by atoms with E-state index in [9.17, 15) is 18.0 Å². The van der Waals surface area contributed by atoms with Gasteiger partial charge in [0.15, 0.2) is 5.58 Å². The maximum atomic E-state index is 15.0. The van der Waals surface area contributed by atoms with E-state index in [0.717, 1.165) is 25.9 Å². The second kappa shape index (κ2) is 8.47. The molecule has 0 spiro atoms. The largest absolute Gasteiger partial charge is 0.420 e. The minimum atomic E-state index is -2.86. The van der Waals surface area contributed by atoms with Gasteiger partial charge in [-0.05, 0) is 62.7 Å². The minimum absolute atomic E-state index is 0.0469. The molecule has 0 saturated carbocycles. The van der Waals surface area contributed by atoms with E-state index in [-0.39, 0.29) is 24.2 Å². The van der Waals surface area contributed by atoms with E-state index in [1.807, 2.05) is 7.05 Å². The third kappa shape index (κ3) is 4.15.